The van der Waals surface area contributed by atoms with E-state index in [2.05, 4.69) is 122 Å². The van der Waals surface area contributed by atoms with E-state index in [-0.39, 0.29) is 23.6 Å². The fourth-order valence-electron chi connectivity index (χ4n) is 11.2. The Hall–Kier alpha value is -3.24. The van der Waals surface area contributed by atoms with Crippen molar-refractivity contribution in [2.45, 2.75) is 233 Å². The van der Waals surface area contributed by atoms with Crippen molar-refractivity contribution >= 4 is 133 Å². The van der Waals surface area contributed by atoms with E-state index in [0.29, 0.717) is 59.1 Å². The molecule has 2 unspecified atom stereocenters. The van der Waals surface area contributed by atoms with Crippen LogP contribution in [0.25, 0.3) is 42.5 Å². The molecule has 0 N–H and O–H groups in total. The summed E-state index contributed by atoms with van der Waals surface area (Å²) in [7, 11) is 0. The van der Waals surface area contributed by atoms with Crippen LogP contribution in [0.15, 0.2) is 75.8 Å². The highest BCUT2D eigenvalue weighted by Crippen LogP contribution is 2.42. The van der Waals surface area contributed by atoms with Gasteiger partial charge >= 0.3 is 0 Å². The maximum atomic E-state index is 14.1. The highest BCUT2D eigenvalue weighted by Gasteiger charge is 2.43. The lowest BCUT2D eigenvalue weighted by atomic mass is 9.93. The molecule has 0 saturated heterocycles. The summed E-state index contributed by atoms with van der Waals surface area (Å²) in [4.78, 5) is 58.5. The van der Waals surface area contributed by atoms with Gasteiger partial charge in [0, 0.05) is 25.2 Å². The first kappa shape index (κ1) is 73.8. The zero-order chi connectivity index (χ0) is 62.9. The third-order valence-corrected chi connectivity index (χ3v) is 22.7. The molecule has 480 valence electrons. The molecule has 0 aliphatic carbocycles. The molecule has 2 atom stereocenters. The normalized spacial score (nSPS) is 13.5. The van der Waals surface area contributed by atoms with Crippen molar-refractivity contribution in [2.24, 2.45) is 11.8 Å². The van der Waals surface area contributed by atoms with E-state index < -0.39 is 0 Å². The summed E-state index contributed by atoms with van der Waals surface area (Å²) in [5.41, 5.74) is 1.81. The molecule has 20 heteroatoms. The largest absolute Gasteiger partial charge is 0.275 e. The topological polar surface area (TPSA) is 152 Å². The summed E-state index contributed by atoms with van der Waals surface area (Å²) >= 11 is 20.0. The summed E-state index contributed by atoms with van der Waals surface area (Å²) in [6.07, 6.45) is 43.4. The molecule has 0 bridgehead atoms. The number of carbonyl (C=O) groups excluding carboxylic acids is 4. The monoisotopic (exact) mass is 1530 g/mol. The van der Waals surface area contributed by atoms with E-state index in [9.17, 15) is 19.2 Å². The van der Waals surface area contributed by atoms with Gasteiger partial charge in [-0.2, -0.15) is 0 Å². The van der Waals surface area contributed by atoms with Crippen LogP contribution in [-0.2, 0) is 9.59 Å². The maximum Gasteiger partial charge on any atom is 0.263 e. The minimum absolute atomic E-state index is 0.121. The Kier molecular flexibility index (Phi) is 35.3. The van der Waals surface area contributed by atoms with Gasteiger partial charge in [-0.15, -0.1) is 75.9 Å². The number of halogens is 4. The Morgan fingerprint density at radius 3 is 0.875 bits per heavy atom. The quantitative estimate of drug-likeness (QED) is 0.0268. The molecule has 8 heterocycles. The zero-order valence-electron chi connectivity index (χ0n) is 52.3. The van der Waals surface area contributed by atoms with Crippen molar-refractivity contribution in [2.75, 3.05) is 13.1 Å². The Morgan fingerprint density at radius 2 is 0.602 bits per heavy atom. The molecule has 12 nitrogen and oxygen atoms in total. The summed E-state index contributed by atoms with van der Waals surface area (Å²) < 4.78 is 3.96. The van der Waals surface area contributed by atoms with Gasteiger partial charge in [0.25, 0.3) is 23.6 Å². The van der Waals surface area contributed by atoms with Gasteiger partial charge in [-0.05, 0) is 150 Å². The molecule has 0 aromatic carbocycles. The molecule has 88 heavy (non-hydrogen) atoms. The number of carbonyl (C=O) groups is 4. The molecule has 2 aliphatic heterocycles. The van der Waals surface area contributed by atoms with E-state index in [1.807, 2.05) is 48.5 Å². The van der Waals surface area contributed by atoms with E-state index in [0.717, 1.165) is 73.2 Å². The minimum Gasteiger partial charge on any atom is -0.275 e. The third-order valence-electron chi connectivity index (χ3n) is 16.2. The molecule has 0 radical (unpaired) electrons. The van der Waals surface area contributed by atoms with Crippen LogP contribution >= 0.6 is 109 Å². The van der Waals surface area contributed by atoms with E-state index in [1.54, 1.807) is 22.7 Å². The van der Waals surface area contributed by atoms with Gasteiger partial charge in [0.2, 0.25) is 11.6 Å². The molecule has 4 amide bonds. The second kappa shape index (κ2) is 42.1. The summed E-state index contributed by atoms with van der Waals surface area (Å²) in [5.74, 6) is 1.19. The van der Waals surface area contributed by atoms with Crippen LogP contribution in [0.5, 0.6) is 0 Å². The highest BCUT2D eigenvalue weighted by molar-refractivity contribution is 9.11. The Labute approximate surface area is 574 Å². The van der Waals surface area contributed by atoms with Gasteiger partial charge < -0.3 is 0 Å². The van der Waals surface area contributed by atoms with Crippen LogP contribution in [0.3, 0.4) is 0 Å². The lowest BCUT2D eigenvalue weighted by molar-refractivity contribution is -0.137. The molecular weight excluding hydrogens is 1440 g/mol. The fourth-order valence-corrected chi connectivity index (χ4v) is 16.6. The summed E-state index contributed by atoms with van der Waals surface area (Å²) in [5, 5.41) is 25.5. The number of unbranched alkanes of at least 4 members (excludes halogenated alkanes) is 24. The Morgan fingerprint density at radius 1 is 0.341 bits per heavy atom. The van der Waals surface area contributed by atoms with E-state index in [4.69, 9.17) is 0 Å². The van der Waals surface area contributed by atoms with Crippen LogP contribution in [0.2, 0.25) is 0 Å². The molecule has 0 spiro atoms. The fraction of sp³-hybridized carbons (Fsp3) is 0.588. The molecular formula is C68H92Br4N8O4S4. The predicted molar refractivity (Wildman–Crippen MR) is 382 cm³/mol. The third kappa shape index (κ3) is 25.0. The minimum atomic E-state index is -0.227. The molecule has 0 saturated carbocycles. The number of fused-ring (bicyclic) bond motifs is 1. The van der Waals surface area contributed by atoms with Crippen molar-refractivity contribution in [3.8, 4) is 42.5 Å². The van der Waals surface area contributed by atoms with Gasteiger partial charge in [-0.25, -0.2) is 0 Å². The number of rotatable bonds is 40. The van der Waals surface area contributed by atoms with Crippen LogP contribution in [0, 0.1) is 11.8 Å². The van der Waals surface area contributed by atoms with Crippen molar-refractivity contribution in [1.82, 2.24) is 40.4 Å². The number of imide groups is 2. The standard InChI is InChI=1S/C34H45Br2N3O2S2.C24H43NO2.C10H4Br2N4S2/c1-3-5-7-9-11-12-14-16-18-24(17-15-13-10-8-6-4-2)23-39-33(40)29-30(34(39)41)32(26-20-22-28(36)43-26)38-37-31(29)25-19-21-27(35)42-25;1-3-5-7-9-11-12-14-16-18-22(17-15-13-10-8-6-4-2)21-25-23(26)19-20-24(25)27;11-7-3-1-5(17-7)9-13-15-10(16-14-9)6-2-4-8(12)18-6/h19-22,24H,3-18,23H2,1-2H3;19-20,22H,3-18,21H2,1-2H3;1-4H. The van der Waals surface area contributed by atoms with Crippen molar-refractivity contribution in [1.29, 1.82) is 0 Å². The van der Waals surface area contributed by atoms with Crippen molar-refractivity contribution < 1.29 is 19.2 Å². The maximum absolute atomic E-state index is 14.1. The van der Waals surface area contributed by atoms with Crippen molar-refractivity contribution in [3.63, 3.8) is 0 Å². The zero-order valence-corrected chi connectivity index (χ0v) is 61.9. The Bertz CT molecular complexity index is 2900. The number of hydrogen-bond donors (Lipinski definition) is 0. The number of thiophene rings is 4. The SMILES string of the molecule is Brc1ccc(-c2nnc(-c3ccc(Br)s3)nn2)s1.CCCCCCCCCCC(CCCCCCCC)CN1C(=O)C=CC1=O.CCCCCCCCCCC(CCCCCCCC)CN1C(=O)c2c(-c3ccc(Br)s3)nnc(-c3ccc(Br)s3)c2C1=O. The second-order valence-electron chi connectivity index (χ2n) is 23.3. The first-order chi connectivity index (χ1) is 42.8. The number of aromatic nitrogens is 6. The highest BCUT2D eigenvalue weighted by atomic mass is 79.9. The average Bonchev–Trinajstić information content (AvgIpc) is 1.63. The van der Waals surface area contributed by atoms with E-state index >= 15 is 0 Å². The lowest BCUT2D eigenvalue weighted by Crippen LogP contribution is -2.34. The van der Waals surface area contributed by atoms with Gasteiger partial charge in [0.05, 0.1) is 45.8 Å². The summed E-state index contributed by atoms with van der Waals surface area (Å²) in [6, 6.07) is 15.5. The molecule has 2 aliphatic rings. The van der Waals surface area contributed by atoms with Gasteiger partial charge in [0.1, 0.15) is 11.4 Å². The first-order valence-electron chi connectivity index (χ1n) is 32.8. The van der Waals surface area contributed by atoms with Crippen LogP contribution < -0.4 is 0 Å². The number of nitrogens with zero attached hydrogens (tertiary/aromatic N) is 8. The number of amides is 4. The Balaban J connectivity index is 0.000000233. The average molecular weight is 1530 g/mol. The predicted octanol–water partition coefficient (Wildman–Crippen LogP) is 23.0. The molecule has 6 aromatic rings. The molecule has 6 aromatic heterocycles. The van der Waals surface area contributed by atoms with Gasteiger partial charge in [-0.3, -0.25) is 29.0 Å². The first-order valence-corrected chi connectivity index (χ1v) is 39.2. The van der Waals surface area contributed by atoms with Crippen molar-refractivity contribution in [3.05, 3.63) is 87.0 Å². The van der Waals surface area contributed by atoms with Crippen LogP contribution in [0.4, 0.5) is 0 Å². The summed E-state index contributed by atoms with van der Waals surface area (Å²) in [6.45, 7) is 10.1. The molecule has 0 fully saturated rings. The smallest absolute Gasteiger partial charge is 0.263 e. The van der Waals surface area contributed by atoms with Gasteiger partial charge in [-0.1, -0.05) is 207 Å². The number of hydrogen-bond acceptors (Lipinski definition) is 14. The second-order valence-corrected chi connectivity index (χ2v) is 33.2. The lowest BCUT2D eigenvalue weighted by Gasteiger charge is -2.23. The van der Waals surface area contributed by atoms with Gasteiger partial charge in [0.15, 0.2) is 0 Å². The van der Waals surface area contributed by atoms with Crippen LogP contribution in [-0.4, -0.2) is 77.1 Å². The van der Waals surface area contributed by atoms with Crippen LogP contribution in [0.1, 0.15) is 254 Å². The molecule has 8 rings (SSSR count). The van der Waals surface area contributed by atoms with E-state index in [1.165, 1.54) is 212 Å².